The van der Waals surface area contributed by atoms with Gasteiger partial charge in [-0.2, -0.15) is 0 Å². The zero-order valence-electron chi connectivity index (χ0n) is 8.96. The first kappa shape index (κ1) is 10.7. The highest BCUT2D eigenvalue weighted by molar-refractivity contribution is 9.10. The molecule has 0 fully saturated rings. The number of fused-ring (bicyclic) bond motifs is 1. The van der Waals surface area contributed by atoms with Gasteiger partial charge in [0.25, 0.3) is 0 Å². The van der Waals surface area contributed by atoms with Gasteiger partial charge in [-0.25, -0.2) is 3.93 Å². The lowest BCUT2D eigenvalue weighted by molar-refractivity contribution is -0.122. The van der Waals surface area contributed by atoms with Crippen LogP contribution in [0.2, 0.25) is 0 Å². The molecular formula is C12H14BrNO. The molecule has 0 aromatic heterocycles. The quantitative estimate of drug-likeness (QED) is 0.753. The molecule has 0 unspecified atom stereocenters. The predicted molar refractivity (Wildman–Crippen MR) is 65.1 cm³/mol. The molecule has 0 saturated carbocycles. The maximum absolute atomic E-state index is 12.2. The molecule has 1 aromatic rings. The smallest absolute Gasteiger partial charge is 0.247 e. The number of benzene rings is 1. The highest BCUT2D eigenvalue weighted by Crippen LogP contribution is 2.47. The molecule has 0 radical (unpaired) electrons. The monoisotopic (exact) mass is 267 g/mol. The summed E-state index contributed by atoms with van der Waals surface area (Å²) in [5.41, 5.74) is 1.82. The fourth-order valence-corrected chi connectivity index (χ4v) is 3.04. The summed E-state index contributed by atoms with van der Waals surface area (Å²) in [6.45, 7) is 4.15. The molecule has 0 N–H and O–H groups in total. The first-order valence-corrected chi connectivity index (χ1v) is 5.98. The van der Waals surface area contributed by atoms with Gasteiger partial charge in [-0.05, 0) is 24.5 Å². The highest BCUT2D eigenvalue weighted by atomic mass is 79.9. The number of carbonyl (C=O) groups is 1. The average molecular weight is 268 g/mol. The SMILES string of the molecule is CCC1(CC)C(=O)N(Br)c2ccccc21. The number of hydrogen-bond donors (Lipinski definition) is 0. The largest absolute Gasteiger partial charge is 0.273 e. The van der Waals surface area contributed by atoms with Gasteiger partial charge >= 0.3 is 0 Å². The van der Waals surface area contributed by atoms with E-state index in [-0.39, 0.29) is 11.3 Å². The lowest BCUT2D eigenvalue weighted by Gasteiger charge is -2.24. The molecule has 15 heavy (non-hydrogen) atoms. The second-order valence-electron chi connectivity index (χ2n) is 3.89. The van der Waals surface area contributed by atoms with Crippen LogP contribution in [0.4, 0.5) is 5.69 Å². The molecule has 1 amide bonds. The van der Waals surface area contributed by atoms with E-state index in [0.29, 0.717) is 0 Å². The minimum absolute atomic E-state index is 0.161. The molecule has 2 nitrogen and oxygen atoms in total. The van der Waals surface area contributed by atoms with Crippen molar-refractivity contribution < 1.29 is 4.79 Å². The van der Waals surface area contributed by atoms with E-state index in [9.17, 15) is 4.79 Å². The van der Waals surface area contributed by atoms with Crippen molar-refractivity contribution in [1.29, 1.82) is 0 Å². The molecule has 2 rings (SSSR count). The van der Waals surface area contributed by atoms with Crippen molar-refractivity contribution in [2.45, 2.75) is 32.1 Å². The topological polar surface area (TPSA) is 20.3 Å². The van der Waals surface area contributed by atoms with Crippen LogP contribution >= 0.6 is 16.1 Å². The number of carbonyl (C=O) groups excluding carboxylic acids is 1. The summed E-state index contributed by atoms with van der Waals surface area (Å²) in [6, 6.07) is 8.00. The fourth-order valence-electron chi connectivity index (χ4n) is 2.40. The van der Waals surface area contributed by atoms with Gasteiger partial charge in [0.15, 0.2) is 0 Å². The number of halogens is 1. The van der Waals surface area contributed by atoms with Gasteiger partial charge in [0.05, 0.1) is 27.2 Å². The van der Waals surface area contributed by atoms with Crippen LogP contribution in [-0.2, 0) is 10.2 Å². The maximum Gasteiger partial charge on any atom is 0.247 e. The fraction of sp³-hybridized carbons (Fsp3) is 0.417. The highest BCUT2D eigenvalue weighted by Gasteiger charge is 2.47. The van der Waals surface area contributed by atoms with Crippen molar-refractivity contribution in [2.75, 3.05) is 3.93 Å². The van der Waals surface area contributed by atoms with E-state index in [1.165, 1.54) is 0 Å². The van der Waals surface area contributed by atoms with Crippen molar-refractivity contribution in [3.63, 3.8) is 0 Å². The minimum Gasteiger partial charge on any atom is -0.273 e. The molecule has 0 saturated heterocycles. The third-order valence-corrected chi connectivity index (χ3v) is 4.13. The van der Waals surface area contributed by atoms with E-state index in [1.807, 2.05) is 18.2 Å². The molecule has 1 aliphatic rings. The molecule has 1 aliphatic heterocycles. The molecule has 0 aliphatic carbocycles. The molecule has 80 valence electrons. The molecule has 0 spiro atoms. The summed E-state index contributed by atoms with van der Waals surface area (Å²) in [6.07, 6.45) is 1.70. The lowest BCUT2D eigenvalue weighted by Crippen LogP contribution is -2.35. The number of rotatable bonds is 2. The van der Waals surface area contributed by atoms with E-state index >= 15 is 0 Å². The normalized spacial score (nSPS) is 18.1. The van der Waals surface area contributed by atoms with Crippen LogP contribution in [0.15, 0.2) is 24.3 Å². The Kier molecular flexibility index (Phi) is 2.59. The number of anilines is 1. The maximum atomic E-state index is 12.2. The minimum atomic E-state index is -0.319. The van der Waals surface area contributed by atoms with E-state index in [2.05, 4.69) is 36.1 Å². The van der Waals surface area contributed by atoms with Gasteiger partial charge in [-0.1, -0.05) is 32.0 Å². The first-order valence-electron chi connectivity index (χ1n) is 5.27. The molecule has 0 bridgehead atoms. The third-order valence-electron chi connectivity index (χ3n) is 3.43. The molecule has 3 heteroatoms. The number of amides is 1. The average Bonchev–Trinajstić information content (AvgIpc) is 2.51. The van der Waals surface area contributed by atoms with Crippen molar-refractivity contribution in [1.82, 2.24) is 0 Å². The Morgan fingerprint density at radius 3 is 2.47 bits per heavy atom. The summed E-state index contributed by atoms with van der Waals surface area (Å²) < 4.78 is 1.61. The Balaban J connectivity index is 2.65. The molecule has 1 heterocycles. The van der Waals surface area contributed by atoms with E-state index < -0.39 is 0 Å². The van der Waals surface area contributed by atoms with E-state index in [1.54, 1.807) is 3.93 Å². The number of para-hydroxylation sites is 1. The van der Waals surface area contributed by atoms with Gasteiger partial charge < -0.3 is 0 Å². The standard InChI is InChI=1S/C12H14BrNO/c1-3-12(4-2)9-7-5-6-8-10(9)14(13)11(12)15/h5-8H,3-4H2,1-2H3. The third kappa shape index (κ3) is 1.26. The van der Waals surface area contributed by atoms with Gasteiger partial charge in [-0.15, -0.1) is 0 Å². The summed E-state index contributed by atoms with van der Waals surface area (Å²) in [5.74, 6) is 0.161. The Bertz CT molecular complexity index is 398. The lowest BCUT2D eigenvalue weighted by atomic mass is 9.77. The van der Waals surface area contributed by atoms with Gasteiger partial charge in [0.1, 0.15) is 0 Å². The van der Waals surface area contributed by atoms with Crippen LogP contribution < -0.4 is 3.93 Å². The van der Waals surface area contributed by atoms with Crippen LogP contribution in [0.5, 0.6) is 0 Å². The van der Waals surface area contributed by atoms with Gasteiger partial charge in [0, 0.05) is 0 Å². The van der Waals surface area contributed by atoms with E-state index in [0.717, 1.165) is 24.1 Å². The Morgan fingerprint density at radius 1 is 1.27 bits per heavy atom. The molecule has 1 aromatic carbocycles. The van der Waals surface area contributed by atoms with Gasteiger partial charge in [0.2, 0.25) is 5.91 Å². The molecule has 0 atom stereocenters. The Labute approximate surface area is 98.6 Å². The second kappa shape index (κ2) is 3.63. The van der Waals surface area contributed by atoms with Crippen molar-refractivity contribution >= 4 is 27.7 Å². The van der Waals surface area contributed by atoms with Crippen LogP contribution in [-0.4, -0.2) is 5.91 Å². The number of hydrogen-bond acceptors (Lipinski definition) is 1. The summed E-state index contributed by atoms with van der Waals surface area (Å²) in [5, 5.41) is 0. The zero-order chi connectivity index (χ0) is 11.1. The summed E-state index contributed by atoms with van der Waals surface area (Å²) in [4.78, 5) is 12.2. The van der Waals surface area contributed by atoms with E-state index in [4.69, 9.17) is 0 Å². The zero-order valence-corrected chi connectivity index (χ0v) is 10.5. The van der Waals surface area contributed by atoms with Crippen LogP contribution in [0.1, 0.15) is 32.3 Å². The van der Waals surface area contributed by atoms with Crippen molar-refractivity contribution in [2.24, 2.45) is 0 Å². The predicted octanol–water partition coefficient (Wildman–Crippen LogP) is 3.40. The van der Waals surface area contributed by atoms with Gasteiger partial charge in [-0.3, -0.25) is 4.79 Å². The van der Waals surface area contributed by atoms with Crippen molar-refractivity contribution in [3.8, 4) is 0 Å². The number of nitrogens with zero attached hydrogens (tertiary/aromatic N) is 1. The van der Waals surface area contributed by atoms with Crippen LogP contribution in [0.25, 0.3) is 0 Å². The Hall–Kier alpha value is -0.830. The Morgan fingerprint density at radius 2 is 1.87 bits per heavy atom. The van der Waals surface area contributed by atoms with Crippen molar-refractivity contribution in [3.05, 3.63) is 29.8 Å². The summed E-state index contributed by atoms with van der Waals surface area (Å²) in [7, 11) is 0. The first-order chi connectivity index (χ1) is 7.17. The summed E-state index contributed by atoms with van der Waals surface area (Å²) >= 11 is 3.34. The second-order valence-corrected chi connectivity index (χ2v) is 4.60. The van der Waals surface area contributed by atoms with Crippen LogP contribution in [0, 0.1) is 0 Å². The molecular weight excluding hydrogens is 254 g/mol. The van der Waals surface area contributed by atoms with Crippen LogP contribution in [0.3, 0.4) is 0 Å².